The van der Waals surface area contributed by atoms with Gasteiger partial charge >= 0.3 is 5.97 Å². The molecule has 2 aromatic heterocycles. The molecule has 6 nitrogen and oxygen atoms in total. The maximum Gasteiger partial charge on any atom is 0.339 e. The van der Waals surface area contributed by atoms with E-state index in [4.69, 9.17) is 26.1 Å². The zero-order chi connectivity index (χ0) is 27.5. The molecule has 1 unspecified atom stereocenters. The van der Waals surface area contributed by atoms with Crippen LogP contribution in [0.1, 0.15) is 56.3 Å². The molecule has 1 atom stereocenters. The maximum atomic E-state index is 13.1. The highest BCUT2D eigenvalue weighted by molar-refractivity contribution is 6.30. The van der Waals surface area contributed by atoms with E-state index in [9.17, 15) is 4.79 Å². The van der Waals surface area contributed by atoms with Gasteiger partial charge in [0.2, 0.25) is 0 Å². The second-order valence-corrected chi connectivity index (χ2v) is 10.4. The van der Waals surface area contributed by atoms with Crippen molar-refractivity contribution in [3.8, 4) is 11.1 Å². The SMILES string of the molecule is C=CN=C/C(=C\C)Cn1c(C)c(C)c2c(-c3ccc(Cl)cc3)c(C(OC(C)(C)C)C(=O)OC)c(C)nc21. The molecule has 0 amide bonds. The first-order valence-electron chi connectivity index (χ1n) is 12.2. The van der Waals surface area contributed by atoms with Gasteiger partial charge in [0, 0.05) is 45.3 Å². The van der Waals surface area contributed by atoms with Gasteiger partial charge in [-0.2, -0.15) is 0 Å². The highest BCUT2D eigenvalue weighted by Crippen LogP contribution is 2.42. The number of ether oxygens (including phenoxy) is 2. The average Bonchev–Trinajstić information content (AvgIpc) is 3.08. The van der Waals surface area contributed by atoms with Gasteiger partial charge in [0.1, 0.15) is 5.65 Å². The number of benzene rings is 1. The first-order valence-corrected chi connectivity index (χ1v) is 12.6. The quantitative estimate of drug-likeness (QED) is 0.228. The summed E-state index contributed by atoms with van der Waals surface area (Å²) in [4.78, 5) is 22.4. The van der Waals surface area contributed by atoms with Gasteiger partial charge in [-0.15, -0.1) is 0 Å². The lowest BCUT2D eigenvalue weighted by Gasteiger charge is -2.29. The molecular weight excluding hydrogens is 486 g/mol. The molecule has 7 heteroatoms. The summed E-state index contributed by atoms with van der Waals surface area (Å²) in [5, 5.41) is 1.59. The van der Waals surface area contributed by atoms with Gasteiger partial charge in [-0.3, -0.25) is 4.99 Å². The van der Waals surface area contributed by atoms with E-state index < -0.39 is 17.7 Å². The van der Waals surface area contributed by atoms with E-state index in [1.165, 1.54) is 13.3 Å². The number of hydrogen-bond donors (Lipinski definition) is 0. The number of hydrogen-bond acceptors (Lipinski definition) is 5. The van der Waals surface area contributed by atoms with Crippen LogP contribution in [0.5, 0.6) is 0 Å². The lowest BCUT2D eigenvalue weighted by atomic mass is 9.91. The molecule has 3 rings (SSSR count). The van der Waals surface area contributed by atoms with E-state index in [1.807, 2.05) is 65.0 Å². The van der Waals surface area contributed by atoms with Gasteiger partial charge < -0.3 is 14.0 Å². The second-order valence-electron chi connectivity index (χ2n) is 9.95. The van der Waals surface area contributed by atoms with Gasteiger partial charge in [-0.05, 0) is 77.3 Å². The Hall–Kier alpha value is -3.22. The van der Waals surface area contributed by atoms with Crippen molar-refractivity contribution in [2.75, 3.05) is 7.11 Å². The molecule has 0 aliphatic rings. The Morgan fingerprint density at radius 2 is 1.86 bits per heavy atom. The molecule has 0 aliphatic heterocycles. The molecule has 3 aromatic rings. The van der Waals surface area contributed by atoms with Crippen LogP contribution < -0.4 is 0 Å². The molecule has 0 fully saturated rings. The van der Waals surface area contributed by atoms with Crippen molar-refractivity contribution < 1.29 is 14.3 Å². The highest BCUT2D eigenvalue weighted by atomic mass is 35.5. The molecule has 0 radical (unpaired) electrons. The zero-order valence-electron chi connectivity index (χ0n) is 23.0. The number of allylic oxidation sites excluding steroid dienone is 2. The monoisotopic (exact) mass is 521 g/mol. The van der Waals surface area contributed by atoms with Gasteiger partial charge in [0.05, 0.1) is 19.3 Å². The Balaban J connectivity index is 2.45. The number of halogens is 1. The number of nitrogens with zero attached hydrogens (tertiary/aromatic N) is 3. The molecule has 37 heavy (non-hydrogen) atoms. The summed E-state index contributed by atoms with van der Waals surface area (Å²) in [5.74, 6) is -0.472. The van der Waals surface area contributed by atoms with Crippen molar-refractivity contribution in [2.24, 2.45) is 4.99 Å². The van der Waals surface area contributed by atoms with Crippen molar-refractivity contribution in [3.63, 3.8) is 0 Å². The molecule has 1 aromatic carbocycles. The summed E-state index contributed by atoms with van der Waals surface area (Å²) in [6.45, 7) is 18.1. The van der Waals surface area contributed by atoms with E-state index in [1.54, 1.807) is 6.21 Å². The highest BCUT2D eigenvalue weighted by Gasteiger charge is 2.34. The Morgan fingerprint density at radius 1 is 1.22 bits per heavy atom. The van der Waals surface area contributed by atoms with Gasteiger partial charge in [-0.1, -0.05) is 36.4 Å². The fourth-order valence-electron chi connectivity index (χ4n) is 4.45. The Kier molecular flexibility index (Phi) is 8.77. The standard InChI is InChI=1S/C30H36ClN3O3/c1-10-21(16-32-11-2)17-34-20(5)18(3)24-26(22-12-14-23(31)15-13-22)25(19(4)33-28(24)34)27(29(35)36-9)37-30(6,7)8/h10-16,27H,2,17H2,1,3-9H3/b21-10+,32-16?. The Morgan fingerprint density at radius 3 is 2.41 bits per heavy atom. The number of carbonyl (C=O) groups is 1. The number of esters is 1. The van der Waals surface area contributed by atoms with Crippen LogP contribution in [-0.2, 0) is 20.8 Å². The number of aryl methyl sites for hydroxylation is 2. The minimum atomic E-state index is -0.957. The Bertz CT molecular complexity index is 1380. The molecule has 0 saturated carbocycles. The van der Waals surface area contributed by atoms with Crippen molar-refractivity contribution in [1.29, 1.82) is 0 Å². The fraction of sp³-hybridized carbons (Fsp3) is 0.367. The van der Waals surface area contributed by atoms with Crippen LogP contribution in [0.4, 0.5) is 0 Å². The van der Waals surface area contributed by atoms with Crippen molar-refractivity contribution >= 4 is 34.8 Å². The van der Waals surface area contributed by atoms with Crippen LogP contribution in [0.15, 0.2) is 53.7 Å². The predicted molar refractivity (Wildman–Crippen MR) is 152 cm³/mol. The topological polar surface area (TPSA) is 65.7 Å². The van der Waals surface area contributed by atoms with Crippen molar-refractivity contribution in [2.45, 2.75) is 66.7 Å². The van der Waals surface area contributed by atoms with E-state index in [0.29, 0.717) is 22.8 Å². The molecule has 2 heterocycles. The summed E-state index contributed by atoms with van der Waals surface area (Å²) >= 11 is 6.25. The molecule has 0 N–H and O–H groups in total. The average molecular weight is 522 g/mol. The van der Waals surface area contributed by atoms with Gasteiger partial charge in [-0.25, -0.2) is 9.78 Å². The number of rotatable bonds is 8. The van der Waals surface area contributed by atoms with Crippen LogP contribution in [0.25, 0.3) is 22.2 Å². The first kappa shape index (κ1) is 28.4. The summed E-state index contributed by atoms with van der Waals surface area (Å²) in [6, 6.07) is 7.63. The summed E-state index contributed by atoms with van der Waals surface area (Å²) < 4.78 is 13.7. The summed E-state index contributed by atoms with van der Waals surface area (Å²) in [5.41, 5.74) is 6.60. The second kappa shape index (κ2) is 11.4. The van der Waals surface area contributed by atoms with E-state index in [-0.39, 0.29) is 0 Å². The smallest absolute Gasteiger partial charge is 0.339 e. The molecular formula is C30H36ClN3O3. The Labute approximate surface area is 224 Å². The molecule has 0 bridgehead atoms. The fourth-order valence-corrected chi connectivity index (χ4v) is 4.57. The molecule has 196 valence electrons. The lowest BCUT2D eigenvalue weighted by Crippen LogP contribution is -2.29. The van der Waals surface area contributed by atoms with Gasteiger partial charge in [0.25, 0.3) is 0 Å². The first-order chi connectivity index (χ1) is 17.4. The molecule has 0 saturated heterocycles. The minimum Gasteiger partial charge on any atom is -0.467 e. The lowest BCUT2D eigenvalue weighted by molar-refractivity contribution is -0.164. The number of carbonyl (C=O) groups excluding carboxylic acids is 1. The van der Waals surface area contributed by atoms with Crippen LogP contribution in [0.3, 0.4) is 0 Å². The van der Waals surface area contributed by atoms with Crippen LogP contribution in [0.2, 0.25) is 5.02 Å². The van der Waals surface area contributed by atoms with Crippen molar-refractivity contribution in [1.82, 2.24) is 9.55 Å². The number of aromatic nitrogens is 2. The number of fused-ring (bicyclic) bond motifs is 1. The van der Waals surface area contributed by atoms with Crippen LogP contribution in [-0.4, -0.2) is 34.4 Å². The summed E-state index contributed by atoms with van der Waals surface area (Å²) in [6.07, 6.45) is 4.39. The number of aliphatic imine (C=N–C) groups is 1. The number of methoxy groups -OCH3 is 1. The minimum absolute atomic E-state index is 0.472. The van der Waals surface area contributed by atoms with E-state index in [2.05, 4.69) is 30.0 Å². The third-order valence-corrected chi connectivity index (χ3v) is 6.58. The predicted octanol–water partition coefficient (Wildman–Crippen LogP) is 7.47. The molecule has 0 aliphatic carbocycles. The number of pyridine rings is 1. The maximum absolute atomic E-state index is 13.1. The third-order valence-electron chi connectivity index (χ3n) is 6.32. The van der Waals surface area contributed by atoms with E-state index >= 15 is 0 Å². The normalized spacial score (nSPS) is 13.4. The summed E-state index contributed by atoms with van der Waals surface area (Å²) in [7, 11) is 1.37. The van der Waals surface area contributed by atoms with Crippen molar-refractivity contribution in [3.05, 3.63) is 76.2 Å². The van der Waals surface area contributed by atoms with Crippen LogP contribution in [0, 0.1) is 20.8 Å². The van der Waals surface area contributed by atoms with E-state index in [0.717, 1.165) is 39.0 Å². The zero-order valence-corrected chi connectivity index (χ0v) is 23.7. The third kappa shape index (κ3) is 6.03. The van der Waals surface area contributed by atoms with Gasteiger partial charge in [0.15, 0.2) is 6.10 Å². The molecule has 0 spiro atoms. The largest absolute Gasteiger partial charge is 0.467 e. The van der Waals surface area contributed by atoms with Crippen LogP contribution >= 0.6 is 11.6 Å².